The fourth-order valence-electron chi connectivity index (χ4n) is 2.95. The summed E-state index contributed by atoms with van der Waals surface area (Å²) in [6.07, 6.45) is 0.250. The number of phenols is 1. The number of rotatable bonds is 7. The lowest BCUT2D eigenvalue weighted by atomic mass is 9.97. The number of aromatic hydroxyl groups is 1. The monoisotopic (exact) mass is 401 g/mol. The van der Waals surface area contributed by atoms with Gasteiger partial charge in [0.15, 0.2) is 0 Å². The Hall–Kier alpha value is -1.96. The van der Waals surface area contributed by atoms with Crippen LogP contribution in [0.1, 0.15) is 50.7 Å². The van der Waals surface area contributed by atoms with E-state index in [1.807, 2.05) is 0 Å². The molecule has 1 N–H and O–H groups in total. The molecule has 1 saturated heterocycles. The van der Waals surface area contributed by atoms with Gasteiger partial charge in [0.05, 0.1) is 10.5 Å². The molecular formula is C19H22F3NO3S. The first-order chi connectivity index (χ1) is 12.7. The first kappa shape index (κ1) is 21.3. The molecule has 1 aliphatic heterocycles. The summed E-state index contributed by atoms with van der Waals surface area (Å²) >= 11 is 0.719. The molecular weight excluding hydrogens is 379 g/mol. The molecule has 0 radical (unpaired) electrons. The van der Waals surface area contributed by atoms with Gasteiger partial charge in [-0.25, -0.2) is 0 Å². The average Bonchev–Trinajstić information content (AvgIpc) is 2.86. The third-order valence-electron chi connectivity index (χ3n) is 4.65. The number of benzene rings is 1. The molecule has 0 saturated carbocycles. The first-order valence-electron chi connectivity index (χ1n) is 8.82. The molecule has 2 rings (SSSR count). The summed E-state index contributed by atoms with van der Waals surface area (Å²) in [4.78, 5) is 25.7. The summed E-state index contributed by atoms with van der Waals surface area (Å²) in [7, 11) is 0. The Balaban J connectivity index is 2.12. The lowest BCUT2D eigenvalue weighted by Crippen LogP contribution is -2.29. The van der Waals surface area contributed by atoms with Gasteiger partial charge in [-0.05, 0) is 54.3 Å². The fourth-order valence-corrected chi connectivity index (χ4v) is 3.81. The van der Waals surface area contributed by atoms with Gasteiger partial charge in [0.25, 0.3) is 11.1 Å². The Bertz CT molecular complexity index is 742. The predicted molar refractivity (Wildman–Crippen MR) is 99.1 cm³/mol. The highest BCUT2D eigenvalue weighted by Crippen LogP contribution is 2.38. The van der Waals surface area contributed by atoms with E-state index in [0.29, 0.717) is 18.9 Å². The van der Waals surface area contributed by atoms with Crippen molar-refractivity contribution in [2.45, 2.75) is 45.7 Å². The van der Waals surface area contributed by atoms with E-state index < -0.39 is 28.6 Å². The van der Waals surface area contributed by atoms with Crippen LogP contribution in [0.5, 0.6) is 5.75 Å². The van der Waals surface area contributed by atoms with Gasteiger partial charge in [0.2, 0.25) is 0 Å². The standard InChI is InChI=1S/C19H22F3NO3S/c1-3-12(4-2)6-5-9-23-17(25)16(27-18(23)26)11-13-7-8-15(24)14(10-13)19(20,21)22/h7-8,10-12,24H,3-6,9H2,1-2H3/b16-11-. The SMILES string of the molecule is CCC(CC)CCCN1C(=O)S/C(=C\c2ccc(O)c(C(F)(F)F)c2)C1=O. The largest absolute Gasteiger partial charge is 0.507 e. The lowest BCUT2D eigenvalue weighted by molar-refractivity contribution is -0.138. The molecule has 2 amide bonds. The molecule has 0 unspecified atom stereocenters. The number of carbonyl (C=O) groups excluding carboxylic acids is 2. The average molecular weight is 401 g/mol. The minimum absolute atomic E-state index is 0.0846. The minimum Gasteiger partial charge on any atom is -0.507 e. The van der Waals surface area contributed by atoms with Crippen LogP contribution in [-0.4, -0.2) is 27.7 Å². The molecule has 8 heteroatoms. The second kappa shape index (κ2) is 8.82. The highest BCUT2D eigenvalue weighted by molar-refractivity contribution is 8.18. The summed E-state index contributed by atoms with van der Waals surface area (Å²) in [5.41, 5.74) is -1.08. The lowest BCUT2D eigenvalue weighted by Gasteiger charge is -2.15. The number of hydrogen-bond donors (Lipinski definition) is 1. The number of phenolic OH excluding ortho intramolecular Hbond substituents is 1. The Morgan fingerprint density at radius 2 is 1.89 bits per heavy atom. The number of hydrogen-bond acceptors (Lipinski definition) is 4. The fraction of sp³-hybridized carbons (Fsp3) is 0.474. The number of thioether (sulfide) groups is 1. The van der Waals surface area contributed by atoms with Gasteiger partial charge < -0.3 is 5.11 Å². The Morgan fingerprint density at radius 3 is 2.48 bits per heavy atom. The first-order valence-corrected chi connectivity index (χ1v) is 9.64. The van der Waals surface area contributed by atoms with Gasteiger partial charge >= 0.3 is 6.18 Å². The molecule has 148 valence electrons. The second-order valence-electron chi connectivity index (χ2n) is 6.43. The van der Waals surface area contributed by atoms with Crippen LogP contribution in [0.25, 0.3) is 6.08 Å². The van der Waals surface area contributed by atoms with Gasteiger partial charge in [-0.2, -0.15) is 13.2 Å². The summed E-state index contributed by atoms with van der Waals surface area (Å²) < 4.78 is 38.7. The molecule has 1 aromatic rings. The molecule has 0 spiro atoms. The summed E-state index contributed by atoms with van der Waals surface area (Å²) in [6.45, 7) is 4.51. The predicted octanol–water partition coefficient (Wildman–Crippen LogP) is 5.66. The van der Waals surface area contributed by atoms with Crippen molar-refractivity contribution < 1.29 is 27.9 Å². The second-order valence-corrected chi connectivity index (χ2v) is 7.43. The zero-order valence-electron chi connectivity index (χ0n) is 15.2. The molecule has 1 aliphatic rings. The molecule has 1 heterocycles. The molecule has 4 nitrogen and oxygen atoms in total. The van der Waals surface area contributed by atoms with Crippen molar-refractivity contribution in [1.82, 2.24) is 4.90 Å². The molecule has 0 atom stereocenters. The van der Waals surface area contributed by atoms with Crippen LogP contribution >= 0.6 is 11.8 Å². The number of alkyl halides is 3. The Labute approximate surface area is 160 Å². The van der Waals surface area contributed by atoms with Crippen LogP contribution in [0.2, 0.25) is 0 Å². The smallest absolute Gasteiger partial charge is 0.419 e. The van der Waals surface area contributed by atoms with Gasteiger partial charge in [-0.3, -0.25) is 14.5 Å². The van der Waals surface area contributed by atoms with E-state index in [4.69, 9.17) is 0 Å². The quantitative estimate of drug-likeness (QED) is 0.599. The van der Waals surface area contributed by atoms with Crippen molar-refractivity contribution >= 4 is 29.0 Å². The van der Waals surface area contributed by atoms with Crippen LogP contribution < -0.4 is 0 Å². The van der Waals surface area contributed by atoms with E-state index >= 15 is 0 Å². The van der Waals surface area contributed by atoms with Crippen molar-refractivity contribution in [3.63, 3.8) is 0 Å². The van der Waals surface area contributed by atoms with Gasteiger partial charge in [-0.1, -0.05) is 32.8 Å². The summed E-state index contributed by atoms with van der Waals surface area (Å²) in [5, 5.41) is 8.96. The summed E-state index contributed by atoms with van der Waals surface area (Å²) in [5.74, 6) is -0.816. The molecule has 0 aromatic heterocycles. The van der Waals surface area contributed by atoms with Crippen LogP contribution in [0.15, 0.2) is 23.1 Å². The van der Waals surface area contributed by atoms with Crippen molar-refractivity contribution in [1.29, 1.82) is 0 Å². The van der Waals surface area contributed by atoms with E-state index in [2.05, 4.69) is 13.8 Å². The van der Waals surface area contributed by atoms with E-state index in [-0.39, 0.29) is 10.5 Å². The van der Waals surface area contributed by atoms with Gasteiger partial charge in [-0.15, -0.1) is 0 Å². The maximum absolute atomic E-state index is 12.9. The molecule has 0 bridgehead atoms. The van der Waals surface area contributed by atoms with Crippen molar-refractivity contribution in [3.8, 4) is 5.75 Å². The number of carbonyl (C=O) groups is 2. The van der Waals surface area contributed by atoms with Crippen LogP contribution in [0.3, 0.4) is 0 Å². The van der Waals surface area contributed by atoms with E-state index in [9.17, 15) is 27.9 Å². The van der Waals surface area contributed by atoms with Gasteiger partial charge in [0.1, 0.15) is 5.75 Å². The summed E-state index contributed by atoms with van der Waals surface area (Å²) in [6, 6.07) is 2.95. The molecule has 27 heavy (non-hydrogen) atoms. The number of imide groups is 1. The van der Waals surface area contributed by atoms with Gasteiger partial charge in [0, 0.05) is 6.54 Å². The zero-order valence-corrected chi connectivity index (χ0v) is 16.0. The maximum atomic E-state index is 12.9. The third-order valence-corrected chi connectivity index (χ3v) is 5.55. The number of nitrogens with zero attached hydrogens (tertiary/aromatic N) is 1. The van der Waals surface area contributed by atoms with E-state index in [0.717, 1.165) is 48.1 Å². The molecule has 0 aliphatic carbocycles. The molecule has 1 aromatic carbocycles. The minimum atomic E-state index is -4.71. The van der Waals surface area contributed by atoms with Crippen molar-refractivity contribution in [2.24, 2.45) is 5.92 Å². The maximum Gasteiger partial charge on any atom is 0.419 e. The Morgan fingerprint density at radius 1 is 1.22 bits per heavy atom. The highest BCUT2D eigenvalue weighted by atomic mass is 32.2. The highest BCUT2D eigenvalue weighted by Gasteiger charge is 2.36. The third kappa shape index (κ3) is 5.28. The van der Waals surface area contributed by atoms with E-state index in [1.54, 1.807) is 0 Å². The topological polar surface area (TPSA) is 57.6 Å². The van der Waals surface area contributed by atoms with Crippen molar-refractivity contribution in [2.75, 3.05) is 6.54 Å². The van der Waals surface area contributed by atoms with Crippen LogP contribution in [0.4, 0.5) is 18.0 Å². The zero-order chi connectivity index (χ0) is 20.2. The van der Waals surface area contributed by atoms with Crippen molar-refractivity contribution in [3.05, 3.63) is 34.2 Å². The van der Waals surface area contributed by atoms with E-state index in [1.165, 1.54) is 12.1 Å². The number of amides is 2. The molecule has 1 fully saturated rings. The normalized spacial score (nSPS) is 16.8. The Kier molecular flexibility index (Phi) is 6.97. The number of halogens is 3. The van der Waals surface area contributed by atoms with Crippen LogP contribution in [-0.2, 0) is 11.0 Å². The van der Waals surface area contributed by atoms with Crippen LogP contribution in [0, 0.1) is 5.92 Å².